The molecule has 6 heteroatoms. The molecule has 4 atom stereocenters. The first-order valence-electron chi connectivity index (χ1n) is 19.7. The zero-order valence-corrected chi connectivity index (χ0v) is 30.3. The molecule has 5 N–H and O–H groups in total. The van der Waals surface area contributed by atoms with Gasteiger partial charge in [0.25, 0.3) is 0 Å². The van der Waals surface area contributed by atoms with Gasteiger partial charge in [0.05, 0.1) is 18.8 Å². The quantitative estimate of drug-likeness (QED) is 0.0346. The molecule has 272 valence electrons. The molecule has 0 aromatic carbocycles. The minimum atomic E-state index is -1.28. The van der Waals surface area contributed by atoms with Crippen LogP contribution in [0, 0.1) is 0 Å². The highest BCUT2D eigenvalue weighted by molar-refractivity contribution is 5.80. The molecule has 0 radical (unpaired) electrons. The Morgan fingerprint density at radius 1 is 0.522 bits per heavy atom. The number of hydrogen-bond donors (Lipinski definition) is 5. The lowest BCUT2D eigenvalue weighted by atomic mass is 10.00. The molecule has 0 rings (SSSR count). The van der Waals surface area contributed by atoms with E-state index in [1.165, 1.54) is 122 Å². The lowest BCUT2D eigenvalue weighted by Crippen LogP contribution is -2.53. The van der Waals surface area contributed by atoms with Gasteiger partial charge in [-0.2, -0.15) is 0 Å². The molecule has 0 aliphatic rings. The first kappa shape index (κ1) is 44.8. The first-order chi connectivity index (χ1) is 22.5. The zero-order valence-electron chi connectivity index (χ0n) is 30.3. The van der Waals surface area contributed by atoms with Crippen molar-refractivity contribution in [2.24, 2.45) is 0 Å². The van der Waals surface area contributed by atoms with Crippen molar-refractivity contribution in [3.05, 3.63) is 24.3 Å². The standard InChI is InChI=1S/C40H77NO5/c1-3-5-7-9-11-13-15-17-19-20-22-23-25-27-29-31-33-37(43)39(45)36(35-42)41-40(46)38(44)34-32-30-28-26-24-21-18-16-14-12-10-8-6-4-2/h19-20,25,27,36-39,42-45H,3-18,21-24,26,28-35H2,1-2H3,(H,41,46)/b20-19+,27-25+. The summed E-state index contributed by atoms with van der Waals surface area (Å²) < 4.78 is 0. The molecule has 6 nitrogen and oxygen atoms in total. The largest absolute Gasteiger partial charge is 0.394 e. The summed E-state index contributed by atoms with van der Waals surface area (Å²) in [5.41, 5.74) is 0. The van der Waals surface area contributed by atoms with E-state index in [0.29, 0.717) is 19.3 Å². The van der Waals surface area contributed by atoms with Crippen molar-refractivity contribution in [1.82, 2.24) is 5.32 Å². The molecule has 46 heavy (non-hydrogen) atoms. The smallest absolute Gasteiger partial charge is 0.249 e. The maximum absolute atomic E-state index is 12.4. The van der Waals surface area contributed by atoms with E-state index in [9.17, 15) is 25.2 Å². The Hall–Kier alpha value is -1.21. The SMILES string of the molecule is CCCCCCCCC/C=C/CC/C=C/CCCC(O)C(O)C(CO)NC(=O)C(O)CCCCCCCCCCCCCCCC. The van der Waals surface area contributed by atoms with Crippen LogP contribution in [0.5, 0.6) is 0 Å². The van der Waals surface area contributed by atoms with Gasteiger partial charge in [-0.25, -0.2) is 0 Å². The lowest BCUT2D eigenvalue weighted by Gasteiger charge is -2.27. The van der Waals surface area contributed by atoms with Gasteiger partial charge in [0.2, 0.25) is 5.91 Å². The number of amides is 1. The summed E-state index contributed by atoms with van der Waals surface area (Å²) in [6, 6.07) is -1.00. The van der Waals surface area contributed by atoms with Crippen molar-refractivity contribution in [2.75, 3.05) is 6.61 Å². The lowest BCUT2D eigenvalue weighted by molar-refractivity contribution is -0.132. The molecule has 0 aliphatic carbocycles. The van der Waals surface area contributed by atoms with E-state index in [1.807, 2.05) is 0 Å². The van der Waals surface area contributed by atoms with Gasteiger partial charge in [0, 0.05) is 0 Å². The van der Waals surface area contributed by atoms with Crippen LogP contribution in [0.1, 0.15) is 194 Å². The van der Waals surface area contributed by atoms with Crippen molar-refractivity contribution < 1.29 is 25.2 Å². The number of allylic oxidation sites excluding steroid dienone is 4. The highest BCUT2D eigenvalue weighted by atomic mass is 16.3. The minimum Gasteiger partial charge on any atom is -0.394 e. The molecule has 0 aliphatic heterocycles. The Bertz CT molecular complexity index is 697. The van der Waals surface area contributed by atoms with E-state index in [2.05, 4.69) is 43.5 Å². The maximum atomic E-state index is 12.4. The monoisotopic (exact) mass is 652 g/mol. The van der Waals surface area contributed by atoms with E-state index in [0.717, 1.165) is 38.5 Å². The fourth-order valence-electron chi connectivity index (χ4n) is 5.95. The fraction of sp³-hybridized carbons (Fsp3) is 0.875. The van der Waals surface area contributed by atoms with E-state index < -0.39 is 36.9 Å². The van der Waals surface area contributed by atoms with Crippen molar-refractivity contribution in [2.45, 2.75) is 218 Å². The maximum Gasteiger partial charge on any atom is 0.249 e. The summed E-state index contributed by atoms with van der Waals surface area (Å²) >= 11 is 0. The number of hydrogen-bond acceptors (Lipinski definition) is 5. The third-order valence-corrected chi connectivity index (χ3v) is 9.14. The van der Waals surface area contributed by atoms with Crippen LogP contribution in [0.4, 0.5) is 0 Å². The number of aliphatic hydroxyl groups excluding tert-OH is 4. The van der Waals surface area contributed by atoms with Crippen molar-refractivity contribution >= 4 is 5.91 Å². The van der Waals surface area contributed by atoms with Gasteiger partial charge in [0.15, 0.2) is 0 Å². The zero-order chi connectivity index (χ0) is 33.9. The van der Waals surface area contributed by atoms with E-state index in [4.69, 9.17) is 0 Å². The van der Waals surface area contributed by atoms with Crippen LogP contribution in [0.3, 0.4) is 0 Å². The van der Waals surface area contributed by atoms with Crippen LogP contribution in [0.2, 0.25) is 0 Å². The van der Waals surface area contributed by atoms with Gasteiger partial charge in [0.1, 0.15) is 12.2 Å². The second-order valence-corrected chi connectivity index (χ2v) is 13.6. The van der Waals surface area contributed by atoms with Gasteiger partial charge < -0.3 is 25.7 Å². The second kappa shape index (κ2) is 35.1. The molecule has 0 heterocycles. The van der Waals surface area contributed by atoms with Gasteiger partial charge in [-0.15, -0.1) is 0 Å². The predicted octanol–water partition coefficient (Wildman–Crippen LogP) is 9.62. The average Bonchev–Trinajstić information content (AvgIpc) is 3.06. The molecular formula is C40H77NO5. The number of carbonyl (C=O) groups is 1. The average molecular weight is 652 g/mol. The number of aliphatic hydroxyl groups is 4. The van der Waals surface area contributed by atoms with Crippen LogP contribution < -0.4 is 5.32 Å². The normalized spacial score (nSPS) is 14.7. The summed E-state index contributed by atoms with van der Waals surface area (Å²) in [5.74, 6) is -0.598. The van der Waals surface area contributed by atoms with E-state index in [1.54, 1.807) is 0 Å². The highest BCUT2D eigenvalue weighted by Gasteiger charge is 2.28. The minimum absolute atomic E-state index is 0.363. The Kier molecular flexibility index (Phi) is 34.2. The molecule has 0 spiro atoms. The number of nitrogens with one attached hydrogen (secondary N) is 1. The summed E-state index contributed by atoms with van der Waals surface area (Å²) in [7, 11) is 0. The van der Waals surface area contributed by atoms with Crippen LogP contribution >= 0.6 is 0 Å². The first-order valence-corrected chi connectivity index (χ1v) is 19.7. The Morgan fingerprint density at radius 2 is 0.913 bits per heavy atom. The van der Waals surface area contributed by atoms with Crippen molar-refractivity contribution in [3.8, 4) is 0 Å². The van der Waals surface area contributed by atoms with Gasteiger partial charge >= 0.3 is 0 Å². The van der Waals surface area contributed by atoms with Crippen LogP contribution in [0.15, 0.2) is 24.3 Å². The fourth-order valence-corrected chi connectivity index (χ4v) is 5.95. The predicted molar refractivity (Wildman–Crippen MR) is 196 cm³/mol. The van der Waals surface area contributed by atoms with Gasteiger partial charge in [-0.05, 0) is 51.4 Å². The van der Waals surface area contributed by atoms with Gasteiger partial charge in [-0.1, -0.05) is 167 Å². The van der Waals surface area contributed by atoms with Crippen LogP contribution in [0.25, 0.3) is 0 Å². The number of carbonyl (C=O) groups excluding carboxylic acids is 1. The molecular weight excluding hydrogens is 574 g/mol. The van der Waals surface area contributed by atoms with Crippen LogP contribution in [-0.2, 0) is 4.79 Å². The highest BCUT2D eigenvalue weighted by Crippen LogP contribution is 2.15. The molecule has 0 bridgehead atoms. The Morgan fingerprint density at radius 3 is 1.37 bits per heavy atom. The molecule has 4 unspecified atom stereocenters. The van der Waals surface area contributed by atoms with Crippen LogP contribution in [-0.4, -0.2) is 57.3 Å². The summed E-state index contributed by atoms with van der Waals surface area (Å²) in [4.78, 5) is 12.4. The van der Waals surface area contributed by atoms with E-state index >= 15 is 0 Å². The molecule has 1 amide bonds. The third-order valence-electron chi connectivity index (χ3n) is 9.14. The Balaban J connectivity index is 3.86. The molecule has 0 saturated heterocycles. The van der Waals surface area contributed by atoms with Gasteiger partial charge in [-0.3, -0.25) is 4.79 Å². The van der Waals surface area contributed by atoms with E-state index in [-0.39, 0.29) is 0 Å². The molecule has 0 aromatic rings. The number of rotatable bonds is 35. The summed E-state index contributed by atoms with van der Waals surface area (Å²) in [6.45, 7) is 4.01. The second-order valence-electron chi connectivity index (χ2n) is 13.6. The topological polar surface area (TPSA) is 110 Å². The summed E-state index contributed by atoms with van der Waals surface area (Å²) in [6.07, 6.45) is 37.7. The van der Waals surface area contributed by atoms with Crippen molar-refractivity contribution in [1.29, 1.82) is 0 Å². The molecule has 0 saturated carbocycles. The third kappa shape index (κ3) is 29.0. The summed E-state index contributed by atoms with van der Waals surface area (Å²) in [5, 5.41) is 43.5. The van der Waals surface area contributed by atoms with Crippen molar-refractivity contribution in [3.63, 3.8) is 0 Å². The molecule has 0 aromatic heterocycles. The molecule has 0 fully saturated rings. The Labute approximate surface area is 284 Å². The number of unbranched alkanes of at least 4 members (excludes halogenated alkanes) is 22.